The first kappa shape index (κ1) is 27.7. The molecule has 3 aromatic rings. The second-order valence-electron chi connectivity index (χ2n) is 9.24. The summed E-state index contributed by atoms with van der Waals surface area (Å²) in [6.45, 7) is 4.36. The molecule has 3 aromatic carbocycles. The van der Waals surface area contributed by atoms with E-state index >= 15 is 0 Å². The summed E-state index contributed by atoms with van der Waals surface area (Å²) in [5.74, 6) is -0.269. The van der Waals surface area contributed by atoms with Crippen molar-refractivity contribution in [2.24, 2.45) is 5.92 Å². The first-order chi connectivity index (χ1) is 18.2. The molecule has 1 saturated heterocycles. The Bertz CT molecular complexity index is 1470. The number of nitrogens with zero attached hydrogens (tertiary/aromatic N) is 1. The van der Waals surface area contributed by atoms with Gasteiger partial charge in [0, 0.05) is 31.6 Å². The van der Waals surface area contributed by atoms with Crippen molar-refractivity contribution in [1.82, 2.24) is 14.3 Å². The van der Waals surface area contributed by atoms with Gasteiger partial charge in [0.1, 0.15) is 0 Å². The lowest BCUT2D eigenvalue weighted by Crippen LogP contribution is -2.32. The van der Waals surface area contributed by atoms with Crippen LogP contribution in [-0.4, -0.2) is 46.7 Å². The van der Waals surface area contributed by atoms with Crippen LogP contribution in [0.25, 0.3) is 11.1 Å². The van der Waals surface area contributed by atoms with Gasteiger partial charge in [-0.05, 0) is 46.7 Å². The highest BCUT2D eigenvalue weighted by molar-refractivity contribution is 7.92. The van der Waals surface area contributed by atoms with E-state index in [0.29, 0.717) is 25.1 Å². The second kappa shape index (κ2) is 12.0. The molecule has 38 heavy (non-hydrogen) atoms. The van der Waals surface area contributed by atoms with Gasteiger partial charge in [-0.3, -0.25) is 4.79 Å². The molecule has 1 aliphatic rings. The number of hydrogen-bond donors (Lipinski definition) is 2. The highest BCUT2D eigenvalue weighted by atomic mass is 32.2. The number of rotatable bonds is 11. The van der Waals surface area contributed by atoms with Gasteiger partial charge in [0.25, 0.3) is 0 Å². The SMILES string of the molecule is C=CS(=O)(=O)NCC1CCN(S(=O)(=O)c2ccc(CC(=O)NCc3ccc(-c4ccccc4)cc3)cc2)C1. The van der Waals surface area contributed by atoms with Crippen molar-refractivity contribution in [2.45, 2.75) is 24.3 Å². The van der Waals surface area contributed by atoms with Crippen LogP contribution in [-0.2, 0) is 37.8 Å². The van der Waals surface area contributed by atoms with Crippen molar-refractivity contribution >= 4 is 26.0 Å². The van der Waals surface area contributed by atoms with Crippen LogP contribution in [0.4, 0.5) is 0 Å². The summed E-state index contributed by atoms with van der Waals surface area (Å²) in [5, 5.41) is 3.74. The second-order valence-corrected chi connectivity index (χ2v) is 12.9. The normalized spacial score (nSPS) is 16.3. The summed E-state index contributed by atoms with van der Waals surface area (Å²) in [6.07, 6.45) is 0.698. The van der Waals surface area contributed by atoms with Crippen LogP contribution in [0, 0.1) is 5.92 Å². The summed E-state index contributed by atoms with van der Waals surface area (Å²) in [6, 6.07) is 24.4. The molecule has 200 valence electrons. The highest BCUT2D eigenvalue weighted by Gasteiger charge is 2.32. The zero-order valence-electron chi connectivity index (χ0n) is 20.9. The Balaban J connectivity index is 1.27. The van der Waals surface area contributed by atoms with Crippen molar-refractivity contribution in [1.29, 1.82) is 0 Å². The van der Waals surface area contributed by atoms with Gasteiger partial charge in [-0.1, -0.05) is 73.3 Å². The molecule has 1 heterocycles. The molecule has 0 aliphatic carbocycles. The molecule has 0 aromatic heterocycles. The maximum Gasteiger partial charge on any atom is 0.243 e. The van der Waals surface area contributed by atoms with E-state index in [1.165, 1.54) is 16.4 Å². The average molecular weight is 554 g/mol. The van der Waals surface area contributed by atoms with E-state index in [0.717, 1.165) is 22.1 Å². The molecule has 1 atom stereocenters. The standard InChI is InChI=1S/C28H31N3O5S2/c1-2-37(33,34)30-20-24-16-17-31(21-24)38(35,36)27-14-10-22(11-15-27)18-28(32)29-19-23-8-12-26(13-9-23)25-6-4-3-5-7-25/h2-15,24,30H,1,16-21H2,(H,29,32). The smallest absolute Gasteiger partial charge is 0.243 e. The fourth-order valence-corrected chi connectivity index (χ4v) is 6.41. The predicted molar refractivity (Wildman–Crippen MR) is 148 cm³/mol. The van der Waals surface area contributed by atoms with Crippen LogP contribution in [0.5, 0.6) is 0 Å². The zero-order chi connectivity index (χ0) is 27.2. The molecule has 10 heteroatoms. The van der Waals surface area contributed by atoms with Crippen molar-refractivity contribution in [2.75, 3.05) is 19.6 Å². The van der Waals surface area contributed by atoms with Crippen LogP contribution >= 0.6 is 0 Å². The fourth-order valence-electron chi connectivity index (χ4n) is 4.30. The minimum absolute atomic E-state index is 0.114. The van der Waals surface area contributed by atoms with Gasteiger partial charge in [-0.15, -0.1) is 0 Å². The summed E-state index contributed by atoms with van der Waals surface area (Å²) in [5.41, 5.74) is 3.94. The number of carbonyl (C=O) groups is 1. The van der Waals surface area contributed by atoms with E-state index < -0.39 is 20.0 Å². The van der Waals surface area contributed by atoms with E-state index in [2.05, 4.69) is 16.6 Å². The lowest BCUT2D eigenvalue weighted by Gasteiger charge is -2.17. The Morgan fingerprint density at radius 2 is 1.53 bits per heavy atom. The Labute approximate surface area is 224 Å². The van der Waals surface area contributed by atoms with Gasteiger partial charge in [0.15, 0.2) is 0 Å². The van der Waals surface area contributed by atoms with E-state index in [1.54, 1.807) is 12.1 Å². The molecule has 2 N–H and O–H groups in total. The lowest BCUT2D eigenvalue weighted by atomic mass is 10.0. The third-order valence-corrected chi connectivity index (χ3v) is 9.40. The maximum absolute atomic E-state index is 13.0. The van der Waals surface area contributed by atoms with Crippen LogP contribution in [0.3, 0.4) is 0 Å². The summed E-state index contributed by atoms with van der Waals surface area (Å²) >= 11 is 0. The van der Waals surface area contributed by atoms with E-state index in [-0.39, 0.29) is 36.2 Å². The van der Waals surface area contributed by atoms with Gasteiger partial charge in [0.05, 0.1) is 11.3 Å². The van der Waals surface area contributed by atoms with Gasteiger partial charge in [-0.2, -0.15) is 4.31 Å². The highest BCUT2D eigenvalue weighted by Crippen LogP contribution is 2.25. The minimum atomic E-state index is -3.71. The maximum atomic E-state index is 13.0. The van der Waals surface area contributed by atoms with Gasteiger partial charge < -0.3 is 5.32 Å². The van der Waals surface area contributed by atoms with Crippen LogP contribution < -0.4 is 10.0 Å². The zero-order valence-corrected chi connectivity index (χ0v) is 22.5. The van der Waals surface area contributed by atoms with Gasteiger partial charge in [0.2, 0.25) is 26.0 Å². The third-order valence-electron chi connectivity index (χ3n) is 6.52. The summed E-state index contributed by atoms with van der Waals surface area (Å²) < 4.78 is 52.9. The van der Waals surface area contributed by atoms with Crippen LogP contribution in [0.15, 0.2) is 95.7 Å². The van der Waals surface area contributed by atoms with E-state index in [1.807, 2.05) is 54.6 Å². The summed E-state index contributed by atoms with van der Waals surface area (Å²) in [7, 11) is -7.26. The number of amides is 1. The molecule has 0 bridgehead atoms. The van der Waals surface area contributed by atoms with E-state index in [9.17, 15) is 21.6 Å². The monoisotopic (exact) mass is 553 g/mol. The largest absolute Gasteiger partial charge is 0.352 e. The van der Waals surface area contributed by atoms with Crippen LogP contribution in [0.2, 0.25) is 0 Å². The predicted octanol–water partition coefficient (Wildman–Crippen LogP) is 3.29. The molecule has 1 aliphatic heterocycles. The first-order valence-corrected chi connectivity index (χ1v) is 15.3. The number of nitrogens with one attached hydrogen (secondary N) is 2. The number of benzene rings is 3. The quantitative estimate of drug-likeness (QED) is 0.379. The molecule has 0 radical (unpaired) electrons. The van der Waals surface area contributed by atoms with Crippen LogP contribution in [0.1, 0.15) is 17.5 Å². The topological polar surface area (TPSA) is 113 Å². The molecule has 1 amide bonds. The molecule has 0 saturated carbocycles. The van der Waals surface area contributed by atoms with E-state index in [4.69, 9.17) is 0 Å². The molecule has 1 fully saturated rings. The Morgan fingerprint density at radius 1 is 0.895 bits per heavy atom. The van der Waals surface area contributed by atoms with Gasteiger partial charge in [-0.25, -0.2) is 21.6 Å². The summed E-state index contributed by atoms with van der Waals surface area (Å²) in [4.78, 5) is 12.6. The molecule has 1 unspecified atom stereocenters. The Hall–Kier alpha value is -3.31. The Morgan fingerprint density at radius 3 is 2.18 bits per heavy atom. The molecule has 4 rings (SSSR count). The fraction of sp³-hybridized carbons (Fsp3) is 0.250. The number of hydrogen-bond acceptors (Lipinski definition) is 5. The molecular formula is C28H31N3O5S2. The minimum Gasteiger partial charge on any atom is -0.352 e. The van der Waals surface area contributed by atoms with Crippen molar-refractivity contribution in [3.8, 4) is 11.1 Å². The lowest BCUT2D eigenvalue weighted by molar-refractivity contribution is -0.120. The third kappa shape index (κ3) is 7.16. The number of sulfonamides is 2. The molecule has 8 nitrogen and oxygen atoms in total. The first-order valence-electron chi connectivity index (χ1n) is 12.3. The molecular weight excluding hydrogens is 522 g/mol. The van der Waals surface area contributed by atoms with Crippen molar-refractivity contribution in [3.05, 3.63) is 102 Å². The number of carbonyl (C=O) groups excluding carboxylic acids is 1. The Kier molecular flexibility index (Phi) is 8.78. The molecule has 0 spiro atoms. The van der Waals surface area contributed by atoms with Crippen molar-refractivity contribution < 1.29 is 21.6 Å². The average Bonchev–Trinajstić information content (AvgIpc) is 3.42. The van der Waals surface area contributed by atoms with Crippen molar-refractivity contribution in [3.63, 3.8) is 0 Å². The van der Waals surface area contributed by atoms with Gasteiger partial charge >= 0.3 is 0 Å².